The molecule has 0 aromatic carbocycles. The van der Waals surface area contributed by atoms with E-state index in [2.05, 4.69) is 74.6 Å². The Kier molecular flexibility index (Phi) is 58.7. The van der Waals surface area contributed by atoms with Crippen molar-refractivity contribution in [2.24, 2.45) is 0 Å². The van der Waals surface area contributed by atoms with Crippen LogP contribution in [0.1, 0.15) is 309 Å². The van der Waals surface area contributed by atoms with E-state index in [9.17, 15) is 19.5 Å². The van der Waals surface area contributed by atoms with E-state index in [0.717, 1.165) is 70.6 Å². The Hall–Kier alpha value is -3.01. The van der Waals surface area contributed by atoms with Gasteiger partial charge in [0.2, 0.25) is 0 Å². The van der Waals surface area contributed by atoms with Gasteiger partial charge in [0.05, 0.1) is 40.3 Å². The molecule has 0 aromatic rings. The number of hydrogen-bond acceptors (Lipinski definition) is 8. The third kappa shape index (κ3) is 62.4. The fourth-order valence-electron chi connectivity index (χ4n) is 9.68. The van der Waals surface area contributed by atoms with Crippen LogP contribution in [-0.2, 0) is 33.3 Å². The van der Waals surface area contributed by atoms with Gasteiger partial charge in [-0.25, -0.2) is 0 Å². The van der Waals surface area contributed by atoms with Crippen LogP contribution in [0, 0.1) is 0 Å². The van der Waals surface area contributed by atoms with Gasteiger partial charge in [0.1, 0.15) is 13.2 Å². The minimum Gasteiger partial charge on any atom is -0.545 e. The van der Waals surface area contributed by atoms with Gasteiger partial charge in [0.15, 0.2) is 12.4 Å². The van der Waals surface area contributed by atoms with Crippen molar-refractivity contribution < 1.29 is 42.9 Å². The van der Waals surface area contributed by atoms with Gasteiger partial charge in [-0.3, -0.25) is 9.59 Å². The molecule has 0 spiro atoms. The molecule has 0 saturated carbocycles. The van der Waals surface area contributed by atoms with E-state index in [0.29, 0.717) is 17.4 Å². The van der Waals surface area contributed by atoms with Crippen molar-refractivity contribution >= 4 is 17.9 Å². The van der Waals surface area contributed by atoms with Crippen LogP contribution < -0.4 is 5.11 Å². The molecule has 0 aromatic heterocycles. The van der Waals surface area contributed by atoms with Gasteiger partial charge in [-0.15, -0.1) is 0 Å². The highest BCUT2D eigenvalue weighted by Crippen LogP contribution is 2.18. The quantitative estimate of drug-likeness (QED) is 0.0195. The molecule has 2 unspecified atom stereocenters. The lowest BCUT2D eigenvalue weighted by molar-refractivity contribution is -0.870. The van der Waals surface area contributed by atoms with Gasteiger partial charge in [0, 0.05) is 12.8 Å². The predicted octanol–water partition coefficient (Wildman–Crippen LogP) is 19.0. The predicted molar refractivity (Wildman–Crippen MR) is 334 cm³/mol. The molecule has 9 heteroatoms. The number of allylic oxidation sites excluding steroid dienone is 10. The molecular formula is C70H127NO8. The van der Waals surface area contributed by atoms with E-state index in [-0.39, 0.29) is 32.2 Å². The van der Waals surface area contributed by atoms with E-state index in [1.807, 2.05) is 21.1 Å². The fraction of sp³-hybridized carbons (Fsp3) is 0.814. The Morgan fingerprint density at radius 3 is 1.08 bits per heavy atom. The van der Waals surface area contributed by atoms with Gasteiger partial charge < -0.3 is 33.3 Å². The van der Waals surface area contributed by atoms with Crippen LogP contribution >= 0.6 is 0 Å². The number of ether oxygens (including phenoxy) is 4. The number of hydrogen-bond donors (Lipinski definition) is 0. The second-order valence-electron chi connectivity index (χ2n) is 23.7. The van der Waals surface area contributed by atoms with E-state index in [1.165, 1.54) is 212 Å². The number of carbonyl (C=O) groups excluding carboxylic acids is 3. The largest absolute Gasteiger partial charge is 0.545 e. The smallest absolute Gasteiger partial charge is 0.306 e. The van der Waals surface area contributed by atoms with Crippen LogP contribution in [0.5, 0.6) is 0 Å². The van der Waals surface area contributed by atoms with Crippen LogP contribution in [0.3, 0.4) is 0 Å². The minimum atomic E-state index is -1.62. The van der Waals surface area contributed by atoms with Crippen molar-refractivity contribution in [3.63, 3.8) is 0 Å². The molecule has 0 rings (SSSR count). The highest BCUT2D eigenvalue weighted by Gasteiger charge is 2.22. The lowest BCUT2D eigenvalue weighted by Gasteiger charge is -2.26. The molecule has 0 saturated heterocycles. The summed E-state index contributed by atoms with van der Waals surface area (Å²) in [6.07, 6.45) is 75.9. The monoisotopic (exact) mass is 1110 g/mol. The van der Waals surface area contributed by atoms with Gasteiger partial charge in [-0.05, 0) is 57.8 Å². The minimum absolute atomic E-state index is 0.150. The number of carboxylic acids is 1. The maximum Gasteiger partial charge on any atom is 0.306 e. The molecule has 9 nitrogen and oxygen atoms in total. The molecule has 0 radical (unpaired) electrons. The number of quaternary nitrogens is 1. The Morgan fingerprint density at radius 2 is 0.722 bits per heavy atom. The molecule has 0 heterocycles. The molecule has 79 heavy (non-hydrogen) atoms. The summed E-state index contributed by atoms with van der Waals surface area (Å²) in [6.45, 7) is 4.68. The van der Waals surface area contributed by atoms with E-state index in [1.54, 1.807) is 0 Å². The standard InChI is InChI=1S/C70H127NO8/c1-6-8-10-12-14-16-18-20-22-23-24-25-26-27-28-29-30-31-32-33-34-35-36-37-38-39-40-41-42-43-44-45-47-49-51-53-55-57-59-61-68(73)79-66(65-78-70(69(74)75)76-63-62-71(3,4)5)64-77-67(72)60-58-56-54-52-50-48-46-21-19-17-15-13-11-9-7-2/h8,10,14,16,20,22,24-25,27-28,66,70H,6-7,9,11-13,15,17-19,21,23,26,29-65H2,1-5H3/b10-8-,16-14-,22-20-,25-24-,28-27-. The average Bonchev–Trinajstić information content (AvgIpc) is 3.42. The molecule has 2 atom stereocenters. The fourth-order valence-corrected chi connectivity index (χ4v) is 9.68. The molecule has 0 aliphatic rings. The molecule has 0 amide bonds. The number of carbonyl (C=O) groups is 3. The Balaban J connectivity index is 3.96. The Labute approximate surface area is 488 Å². The maximum absolute atomic E-state index is 12.9. The Bertz CT molecular complexity index is 1480. The summed E-state index contributed by atoms with van der Waals surface area (Å²) in [5, 5.41) is 11.8. The summed E-state index contributed by atoms with van der Waals surface area (Å²) >= 11 is 0. The first-order valence-electron chi connectivity index (χ1n) is 33.4. The van der Waals surface area contributed by atoms with Crippen molar-refractivity contribution in [3.05, 3.63) is 60.8 Å². The third-order valence-corrected chi connectivity index (χ3v) is 14.8. The molecule has 0 aliphatic heterocycles. The summed E-state index contributed by atoms with van der Waals surface area (Å²) < 4.78 is 22.8. The first-order valence-corrected chi connectivity index (χ1v) is 33.4. The van der Waals surface area contributed by atoms with Crippen molar-refractivity contribution in [1.29, 1.82) is 0 Å². The molecule has 0 aliphatic carbocycles. The second-order valence-corrected chi connectivity index (χ2v) is 23.7. The van der Waals surface area contributed by atoms with Crippen LogP contribution in [-0.4, -0.2) is 82.3 Å². The SMILES string of the molecule is CC/C=C\C/C=C\C/C=C\C/C=C\C/C=C\CCCCCCCCCCCCCCCCCCCCCCCCCC(=O)OC(COC(=O)CCCCCCCCCCCCCCCCC)COC(OCC[N+](C)(C)C)C(=O)[O-]. The number of rotatable bonds is 62. The number of nitrogens with zero attached hydrogens (tertiary/aromatic N) is 1. The topological polar surface area (TPSA) is 111 Å². The highest BCUT2D eigenvalue weighted by atomic mass is 16.7. The summed E-state index contributed by atoms with van der Waals surface area (Å²) in [5.41, 5.74) is 0. The zero-order chi connectivity index (χ0) is 57.6. The van der Waals surface area contributed by atoms with Gasteiger partial charge in [-0.2, -0.15) is 0 Å². The molecule has 0 fully saturated rings. The summed E-state index contributed by atoms with van der Waals surface area (Å²) in [5.74, 6) is -2.26. The number of carboxylic acid groups (broad SMARTS) is 1. The molecular weight excluding hydrogens is 983 g/mol. The third-order valence-electron chi connectivity index (χ3n) is 14.8. The van der Waals surface area contributed by atoms with Gasteiger partial charge in [-0.1, -0.05) is 299 Å². The van der Waals surface area contributed by atoms with E-state index < -0.39 is 24.3 Å². The summed E-state index contributed by atoms with van der Waals surface area (Å²) in [4.78, 5) is 37.3. The second kappa shape index (κ2) is 61.1. The van der Waals surface area contributed by atoms with E-state index >= 15 is 0 Å². The van der Waals surface area contributed by atoms with Crippen molar-refractivity contribution in [2.45, 2.75) is 322 Å². The lowest BCUT2D eigenvalue weighted by atomic mass is 10.0. The molecule has 0 N–H and O–H groups in total. The summed E-state index contributed by atoms with van der Waals surface area (Å²) in [7, 11) is 5.93. The number of esters is 2. The van der Waals surface area contributed by atoms with Crippen molar-refractivity contribution in [1.82, 2.24) is 0 Å². The van der Waals surface area contributed by atoms with Crippen LogP contribution in [0.25, 0.3) is 0 Å². The van der Waals surface area contributed by atoms with Gasteiger partial charge in [0.25, 0.3) is 0 Å². The normalized spacial score (nSPS) is 13.1. The molecule has 0 bridgehead atoms. The van der Waals surface area contributed by atoms with Crippen molar-refractivity contribution in [3.8, 4) is 0 Å². The summed E-state index contributed by atoms with van der Waals surface area (Å²) in [6, 6.07) is 0. The highest BCUT2D eigenvalue weighted by molar-refractivity contribution is 5.70. The average molecular weight is 1110 g/mol. The maximum atomic E-state index is 12.9. The van der Waals surface area contributed by atoms with Crippen LogP contribution in [0.2, 0.25) is 0 Å². The number of likely N-dealkylation sites (N-methyl/N-ethyl adjacent to an activating group) is 1. The van der Waals surface area contributed by atoms with Crippen LogP contribution in [0.15, 0.2) is 60.8 Å². The van der Waals surface area contributed by atoms with E-state index in [4.69, 9.17) is 18.9 Å². The van der Waals surface area contributed by atoms with Gasteiger partial charge >= 0.3 is 11.9 Å². The lowest BCUT2D eigenvalue weighted by Crippen LogP contribution is -2.44. The number of aliphatic carboxylic acids is 1. The molecule has 460 valence electrons. The number of unbranched alkanes of at least 4 members (excludes halogenated alkanes) is 37. The van der Waals surface area contributed by atoms with Crippen molar-refractivity contribution in [2.75, 3.05) is 47.5 Å². The zero-order valence-electron chi connectivity index (χ0n) is 52.5. The first-order chi connectivity index (χ1) is 38.6. The Morgan fingerprint density at radius 1 is 0.392 bits per heavy atom. The first kappa shape index (κ1) is 76.0. The zero-order valence-corrected chi connectivity index (χ0v) is 52.5. The van der Waals surface area contributed by atoms with Crippen LogP contribution in [0.4, 0.5) is 0 Å².